The maximum Gasteiger partial charge on any atom is 0.262 e. The first-order valence-corrected chi connectivity index (χ1v) is 7.33. The van der Waals surface area contributed by atoms with Gasteiger partial charge in [-0.05, 0) is 52.3 Å². The highest BCUT2D eigenvalue weighted by molar-refractivity contribution is 9.10. The fourth-order valence-electron chi connectivity index (χ4n) is 1.79. The molecule has 2 aromatic carbocycles. The third-order valence-electron chi connectivity index (χ3n) is 2.90. The molecule has 0 aliphatic carbocycles. The normalized spacial score (nSPS) is 10.0. The van der Waals surface area contributed by atoms with Crippen molar-refractivity contribution in [1.82, 2.24) is 0 Å². The van der Waals surface area contributed by atoms with Crippen LogP contribution in [-0.2, 0) is 4.79 Å². The first-order chi connectivity index (χ1) is 11.0. The van der Waals surface area contributed by atoms with Crippen LogP contribution >= 0.6 is 15.9 Å². The number of aldehydes is 1. The van der Waals surface area contributed by atoms with E-state index in [0.717, 1.165) is 0 Å². The second-order valence-corrected chi connectivity index (χ2v) is 5.34. The van der Waals surface area contributed by atoms with Gasteiger partial charge in [-0.25, -0.2) is 4.39 Å². The SMILES string of the molecule is COc1cc(C=O)c(Br)cc1OCC(=O)Nc1ccc(F)cc1. The van der Waals surface area contributed by atoms with Gasteiger partial charge >= 0.3 is 0 Å². The molecule has 0 aromatic heterocycles. The second kappa shape index (κ2) is 7.73. The molecule has 23 heavy (non-hydrogen) atoms. The Bertz CT molecular complexity index is 719. The number of ether oxygens (including phenoxy) is 2. The molecular weight excluding hydrogens is 369 g/mol. The Hall–Kier alpha value is -2.41. The number of nitrogens with one attached hydrogen (secondary N) is 1. The minimum atomic E-state index is -0.408. The van der Waals surface area contributed by atoms with Crippen molar-refractivity contribution in [3.63, 3.8) is 0 Å². The van der Waals surface area contributed by atoms with Crippen LogP contribution in [0.1, 0.15) is 10.4 Å². The van der Waals surface area contributed by atoms with Gasteiger partial charge in [-0.1, -0.05) is 0 Å². The molecule has 0 unspecified atom stereocenters. The number of benzene rings is 2. The number of carbonyl (C=O) groups excluding carboxylic acids is 2. The number of anilines is 1. The number of hydrogen-bond acceptors (Lipinski definition) is 4. The van der Waals surface area contributed by atoms with E-state index >= 15 is 0 Å². The lowest BCUT2D eigenvalue weighted by atomic mass is 10.2. The average molecular weight is 382 g/mol. The van der Waals surface area contributed by atoms with Crippen molar-refractivity contribution < 1.29 is 23.5 Å². The fourth-order valence-corrected chi connectivity index (χ4v) is 2.20. The molecule has 1 N–H and O–H groups in total. The van der Waals surface area contributed by atoms with E-state index in [9.17, 15) is 14.0 Å². The van der Waals surface area contributed by atoms with Crippen LogP contribution in [-0.4, -0.2) is 25.9 Å². The van der Waals surface area contributed by atoms with Crippen LogP contribution in [0, 0.1) is 5.82 Å². The Morgan fingerprint density at radius 1 is 1.26 bits per heavy atom. The Labute approximate surface area is 140 Å². The summed E-state index contributed by atoms with van der Waals surface area (Å²) in [4.78, 5) is 22.7. The van der Waals surface area contributed by atoms with E-state index in [1.54, 1.807) is 6.07 Å². The summed E-state index contributed by atoms with van der Waals surface area (Å²) >= 11 is 3.24. The molecule has 0 atom stereocenters. The van der Waals surface area contributed by atoms with Crippen LogP contribution in [0.4, 0.5) is 10.1 Å². The van der Waals surface area contributed by atoms with Crippen molar-refractivity contribution in [2.45, 2.75) is 0 Å². The molecule has 1 amide bonds. The number of carbonyl (C=O) groups is 2. The van der Waals surface area contributed by atoms with Crippen molar-refractivity contribution in [2.24, 2.45) is 0 Å². The van der Waals surface area contributed by atoms with Gasteiger partial charge in [0.1, 0.15) is 5.82 Å². The van der Waals surface area contributed by atoms with Crippen LogP contribution in [0.3, 0.4) is 0 Å². The van der Waals surface area contributed by atoms with E-state index in [1.807, 2.05) is 0 Å². The number of halogens is 2. The topological polar surface area (TPSA) is 64.6 Å². The molecule has 0 heterocycles. The summed E-state index contributed by atoms with van der Waals surface area (Å²) in [6.07, 6.45) is 0.678. The molecule has 0 aliphatic heterocycles. The van der Waals surface area contributed by atoms with Crippen molar-refractivity contribution in [1.29, 1.82) is 0 Å². The van der Waals surface area contributed by atoms with Gasteiger partial charge in [0.25, 0.3) is 5.91 Å². The summed E-state index contributed by atoms with van der Waals surface area (Å²) < 4.78 is 23.9. The van der Waals surface area contributed by atoms with Crippen LogP contribution in [0.5, 0.6) is 11.5 Å². The van der Waals surface area contributed by atoms with Gasteiger partial charge in [0, 0.05) is 15.7 Å². The smallest absolute Gasteiger partial charge is 0.262 e. The summed E-state index contributed by atoms with van der Waals surface area (Å²) in [7, 11) is 1.43. The lowest BCUT2D eigenvalue weighted by molar-refractivity contribution is -0.118. The maximum atomic E-state index is 12.8. The Morgan fingerprint density at radius 2 is 1.96 bits per heavy atom. The van der Waals surface area contributed by atoms with Crippen LogP contribution in [0.2, 0.25) is 0 Å². The van der Waals surface area contributed by atoms with E-state index in [2.05, 4.69) is 21.2 Å². The molecular formula is C16H13BrFNO4. The largest absolute Gasteiger partial charge is 0.493 e. The molecule has 0 bridgehead atoms. The predicted molar refractivity (Wildman–Crippen MR) is 86.6 cm³/mol. The monoisotopic (exact) mass is 381 g/mol. The average Bonchev–Trinajstić information content (AvgIpc) is 2.55. The Kier molecular flexibility index (Phi) is 5.70. The van der Waals surface area contributed by atoms with Crippen LogP contribution in [0.15, 0.2) is 40.9 Å². The van der Waals surface area contributed by atoms with E-state index in [0.29, 0.717) is 33.5 Å². The zero-order chi connectivity index (χ0) is 16.8. The first kappa shape index (κ1) is 17.0. The number of amides is 1. The molecule has 120 valence electrons. The number of hydrogen-bond donors (Lipinski definition) is 1. The van der Waals surface area contributed by atoms with Gasteiger partial charge in [0.2, 0.25) is 0 Å². The quantitative estimate of drug-likeness (QED) is 0.778. The zero-order valence-corrected chi connectivity index (χ0v) is 13.7. The van der Waals surface area contributed by atoms with E-state index in [1.165, 1.54) is 37.4 Å². The van der Waals surface area contributed by atoms with Crippen molar-refractivity contribution in [3.05, 3.63) is 52.3 Å². The molecule has 0 spiro atoms. The van der Waals surface area contributed by atoms with E-state index < -0.39 is 5.91 Å². The lowest BCUT2D eigenvalue weighted by Crippen LogP contribution is -2.20. The predicted octanol–water partition coefficient (Wildman–Crippen LogP) is 3.43. The minimum absolute atomic E-state index is 0.263. The number of rotatable bonds is 6. The number of methoxy groups -OCH3 is 1. The third kappa shape index (κ3) is 4.53. The molecule has 2 rings (SSSR count). The molecule has 0 radical (unpaired) electrons. The fraction of sp³-hybridized carbons (Fsp3) is 0.125. The van der Waals surface area contributed by atoms with E-state index in [-0.39, 0.29) is 12.4 Å². The molecule has 0 saturated carbocycles. The van der Waals surface area contributed by atoms with Gasteiger partial charge in [0.15, 0.2) is 24.4 Å². The molecule has 5 nitrogen and oxygen atoms in total. The zero-order valence-electron chi connectivity index (χ0n) is 12.1. The Balaban J connectivity index is 2.02. The second-order valence-electron chi connectivity index (χ2n) is 4.49. The highest BCUT2D eigenvalue weighted by Crippen LogP contribution is 2.32. The highest BCUT2D eigenvalue weighted by Gasteiger charge is 2.12. The third-order valence-corrected chi connectivity index (χ3v) is 3.58. The summed E-state index contributed by atoms with van der Waals surface area (Å²) in [6, 6.07) is 8.44. The Morgan fingerprint density at radius 3 is 2.57 bits per heavy atom. The van der Waals surface area contributed by atoms with Crippen molar-refractivity contribution in [3.8, 4) is 11.5 Å². The van der Waals surface area contributed by atoms with Gasteiger partial charge in [0.05, 0.1) is 7.11 Å². The molecule has 7 heteroatoms. The first-order valence-electron chi connectivity index (χ1n) is 6.54. The molecule has 0 aliphatic rings. The molecule has 0 fully saturated rings. The van der Waals surface area contributed by atoms with E-state index in [4.69, 9.17) is 9.47 Å². The minimum Gasteiger partial charge on any atom is -0.493 e. The van der Waals surface area contributed by atoms with Crippen molar-refractivity contribution in [2.75, 3.05) is 19.0 Å². The van der Waals surface area contributed by atoms with Gasteiger partial charge in [-0.3, -0.25) is 9.59 Å². The van der Waals surface area contributed by atoms with Crippen LogP contribution in [0.25, 0.3) is 0 Å². The van der Waals surface area contributed by atoms with Gasteiger partial charge in [-0.15, -0.1) is 0 Å². The summed E-state index contributed by atoms with van der Waals surface area (Å²) in [5, 5.41) is 2.57. The van der Waals surface area contributed by atoms with Crippen LogP contribution < -0.4 is 14.8 Å². The highest BCUT2D eigenvalue weighted by atomic mass is 79.9. The summed E-state index contributed by atoms with van der Waals surface area (Å²) in [5.74, 6) is -0.137. The standard InChI is InChI=1S/C16H13BrFNO4/c1-22-14-6-10(8-20)13(17)7-15(14)23-9-16(21)19-12-4-2-11(18)3-5-12/h2-8H,9H2,1H3,(H,19,21). The lowest BCUT2D eigenvalue weighted by Gasteiger charge is -2.12. The summed E-state index contributed by atoms with van der Waals surface area (Å²) in [6.45, 7) is -0.263. The summed E-state index contributed by atoms with van der Waals surface area (Å²) in [5.41, 5.74) is 0.870. The maximum absolute atomic E-state index is 12.8. The van der Waals surface area contributed by atoms with Crippen molar-refractivity contribution >= 4 is 33.8 Å². The molecule has 0 saturated heterocycles. The van der Waals surface area contributed by atoms with Gasteiger partial charge < -0.3 is 14.8 Å². The molecule has 2 aromatic rings. The van der Waals surface area contributed by atoms with Gasteiger partial charge in [-0.2, -0.15) is 0 Å².